The number of rotatable bonds is 0. The Morgan fingerprint density at radius 2 is 1.50 bits per heavy atom. The molecule has 2 aromatic rings. The van der Waals surface area contributed by atoms with E-state index in [9.17, 15) is 0 Å². The van der Waals surface area contributed by atoms with Gasteiger partial charge in [-0.1, -0.05) is 0 Å². The minimum Gasteiger partial charge on any atom is -0.420 e. The molecule has 0 radical (unpaired) electrons. The lowest BCUT2D eigenvalue weighted by atomic mass is 10.1. The van der Waals surface area contributed by atoms with Crippen LogP contribution in [0.2, 0.25) is 0 Å². The molecule has 0 fully saturated rings. The molecule has 0 N–H and O–H groups in total. The lowest BCUT2D eigenvalue weighted by molar-refractivity contribution is 0.419. The molecule has 0 amide bonds. The van der Waals surface area contributed by atoms with Crippen molar-refractivity contribution in [1.29, 1.82) is 0 Å². The van der Waals surface area contributed by atoms with Gasteiger partial charge in [0.2, 0.25) is 11.8 Å². The van der Waals surface area contributed by atoms with Crippen LogP contribution >= 0.6 is 0 Å². The Morgan fingerprint density at radius 3 is 2.07 bits per heavy atom. The van der Waals surface area contributed by atoms with E-state index in [2.05, 4.69) is 19.9 Å². The predicted molar refractivity (Wildman–Crippen MR) is 46.9 cm³/mol. The maximum atomic E-state index is 5.48. The van der Waals surface area contributed by atoms with Gasteiger partial charge in [0, 0.05) is 29.9 Å². The summed E-state index contributed by atoms with van der Waals surface area (Å²) in [5.41, 5.74) is 1.93. The molecule has 0 saturated carbocycles. The monoisotopic (exact) mass is 186 g/mol. The fourth-order valence-corrected chi connectivity index (χ4v) is 1.42. The van der Waals surface area contributed by atoms with Crippen molar-refractivity contribution >= 4 is 0 Å². The van der Waals surface area contributed by atoms with E-state index in [1.807, 2.05) is 0 Å². The number of hydrogen-bond acceptors (Lipinski definition) is 5. The van der Waals surface area contributed by atoms with Gasteiger partial charge in [-0.3, -0.25) is 0 Å². The van der Waals surface area contributed by atoms with Gasteiger partial charge in [-0.25, -0.2) is 19.9 Å². The maximum Gasteiger partial charge on any atom is 0.227 e. The Labute approximate surface area is 79.8 Å². The minimum atomic E-state index is 0.589. The molecule has 5 nitrogen and oxygen atoms in total. The summed E-state index contributed by atoms with van der Waals surface area (Å²) in [6.45, 7) is 0. The quantitative estimate of drug-likeness (QED) is 0.523. The SMILES string of the molecule is c1ncc2c(n1)Oc1ncncc1C2. The van der Waals surface area contributed by atoms with Crippen LogP contribution in [0.25, 0.3) is 0 Å². The molecule has 0 aromatic carbocycles. The molecular weight excluding hydrogens is 180 g/mol. The fourth-order valence-electron chi connectivity index (χ4n) is 1.42. The molecule has 1 aliphatic rings. The van der Waals surface area contributed by atoms with Gasteiger partial charge in [0.1, 0.15) is 12.7 Å². The van der Waals surface area contributed by atoms with Crippen LogP contribution in [-0.2, 0) is 6.42 Å². The summed E-state index contributed by atoms with van der Waals surface area (Å²) >= 11 is 0. The van der Waals surface area contributed by atoms with Crippen molar-refractivity contribution in [2.45, 2.75) is 6.42 Å². The molecule has 68 valence electrons. The van der Waals surface area contributed by atoms with Crippen LogP contribution in [0.15, 0.2) is 25.0 Å². The van der Waals surface area contributed by atoms with Crippen molar-refractivity contribution in [2.75, 3.05) is 0 Å². The first-order valence-electron chi connectivity index (χ1n) is 4.19. The summed E-state index contributed by atoms with van der Waals surface area (Å²) in [6, 6.07) is 0. The van der Waals surface area contributed by atoms with Gasteiger partial charge in [0.15, 0.2) is 0 Å². The summed E-state index contributed by atoms with van der Waals surface area (Å²) < 4.78 is 5.48. The second-order valence-corrected chi connectivity index (χ2v) is 2.99. The highest BCUT2D eigenvalue weighted by molar-refractivity contribution is 5.40. The van der Waals surface area contributed by atoms with Crippen LogP contribution in [0, 0.1) is 0 Å². The molecule has 0 bridgehead atoms. The molecule has 3 heterocycles. The molecule has 0 aliphatic carbocycles. The van der Waals surface area contributed by atoms with E-state index in [4.69, 9.17) is 4.74 Å². The molecular formula is C9H6N4O. The van der Waals surface area contributed by atoms with Gasteiger partial charge >= 0.3 is 0 Å². The van der Waals surface area contributed by atoms with Gasteiger partial charge in [-0.15, -0.1) is 0 Å². The predicted octanol–water partition coefficient (Wildman–Crippen LogP) is 0.963. The van der Waals surface area contributed by atoms with Gasteiger partial charge in [-0.05, 0) is 0 Å². The molecule has 0 unspecified atom stereocenters. The zero-order valence-electron chi connectivity index (χ0n) is 7.21. The molecule has 2 aromatic heterocycles. The van der Waals surface area contributed by atoms with E-state index in [0.717, 1.165) is 17.5 Å². The molecule has 1 aliphatic heterocycles. The lowest BCUT2D eigenvalue weighted by Crippen LogP contribution is -2.06. The zero-order chi connectivity index (χ0) is 9.38. The first kappa shape index (κ1) is 7.37. The third kappa shape index (κ3) is 1.02. The highest BCUT2D eigenvalue weighted by Gasteiger charge is 2.18. The van der Waals surface area contributed by atoms with Crippen LogP contribution in [0.1, 0.15) is 11.1 Å². The molecule has 5 heteroatoms. The van der Waals surface area contributed by atoms with E-state index in [-0.39, 0.29) is 0 Å². The van der Waals surface area contributed by atoms with Crippen molar-refractivity contribution in [2.24, 2.45) is 0 Å². The molecule has 0 saturated heterocycles. The van der Waals surface area contributed by atoms with Gasteiger partial charge in [0.05, 0.1) is 0 Å². The number of fused-ring (bicyclic) bond motifs is 2. The number of hydrogen-bond donors (Lipinski definition) is 0. The average molecular weight is 186 g/mol. The maximum absolute atomic E-state index is 5.48. The van der Waals surface area contributed by atoms with Crippen LogP contribution in [0.3, 0.4) is 0 Å². The van der Waals surface area contributed by atoms with Crippen LogP contribution in [0.4, 0.5) is 0 Å². The molecule has 0 atom stereocenters. The van der Waals surface area contributed by atoms with Crippen molar-refractivity contribution in [3.05, 3.63) is 36.2 Å². The zero-order valence-corrected chi connectivity index (χ0v) is 7.21. The minimum absolute atomic E-state index is 0.589. The fraction of sp³-hybridized carbons (Fsp3) is 0.111. The Balaban J connectivity index is 2.12. The highest BCUT2D eigenvalue weighted by atomic mass is 16.5. The summed E-state index contributed by atoms with van der Waals surface area (Å²) in [5, 5.41) is 0. The number of ether oxygens (including phenoxy) is 1. The van der Waals surface area contributed by atoms with Gasteiger partial charge in [0.25, 0.3) is 0 Å². The first-order valence-corrected chi connectivity index (χ1v) is 4.19. The van der Waals surface area contributed by atoms with E-state index in [1.165, 1.54) is 12.7 Å². The van der Waals surface area contributed by atoms with E-state index in [1.54, 1.807) is 12.4 Å². The third-order valence-corrected chi connectivity index (χ3v) is 2.07. The summed E-state index contributed by atoms with van der Waals surface area (Å²) in [5.74, 6) is 1.18. The normalized spacial score (nSPS) is 12.6. The van der Waals surface area contributed by atoms with Gasteiger partial charge < -0.3 is 4.74 Å². The van der Waals surface area contributed by atoms with E-state index >= 15 is 0 Å². The summed E-state index contributed by atoms with van der Waals surface area (Å²) in [4.78, 5) is 15.9. The topological polar surface area (TPSA) is 60.8 Å². The largest absolute Gasteiger partial charge is 0.420 e. The number of aromatic nitrogens is 4. The summed E-state index contributed by atoms with van der Waals surface area (Å²) in [6.07, 6.45) is 7.15. The van der Waals surface area contributed by atoms with Crippen molar-refractivity contribution in [3.8, 4) is 11.8 Å². The molecule has 3 rings (SSSR count). The Bertz CT molecular complexity index is 398. The average Bonchev–Trinajstić information content (AvgIpc) is 2.26. The van der Waals surface area contributed by atoms with Crippen LogP contribution in [-0.4, -0.2) is 19.9 Å². The van der Waals surface area contributed by atoms with Crippen LogP contribution < -0.4 is 4.74 Å². The first-order chi connectivity index (χ1) is 6.93. The summed E-state index contributed by atoms with van der Waals surface area (Å²) in [7, 11) is 0. The Morgan fingerprint density at radius 1 is 0.929 bits per heavy atom. The Hall–Kier alpha value is -2.04. The van der Waals surface area contributed by atoms with Crippen molar-refractivity contribution in [3.63, 3.8) is 0 Å². The number of nitrogens with zero attached hydrogens (tertiary/aromatic N) is 4. The molecule has 0 spiro atoms. The second kappa shape index (κ2) is 2.73. The lowest BCUT2D eigenvalue weighted by Gasteiger charge is -2.15. The second-order valence-electron chi connectivity index (χ2n) is 2.99. The van der Waals surface area contributed by atoms with E-state index in [0.29, 0.717) is 11.8 Å². The molecule has 14 heavy (non-hydrogen) atoms. The van der Waals surface area contributed by atoms with Gasteiger partial charge in [-0.2, -0.15) is 0 Å². The van der Waals surface area contributed by atoms with E-state index < -0.39 is 0 Å². The van der Waals surface area contributed by atoms with Crippen molar-refractivity contribution < 1.29 is 4.74 Å². The van der Waals surface area contributed by atoms with Crippen molar-refractivity contribution in [1.82, 2.24) is 19.9 Å². The standard InChI is InChI=1S/C9H6N4O/c1-6-2-10-4-12-8(6)14-9-7(1)3-11-5-13-9/h2-5H,1H2. The Kier molecular flexibility index (Phi) is 1.44. The smallest absolute Gasteiger partial charge is 0.227 e. The highest BCUT2D eigenvalue weighted by Crippen LogP contribution is 2.31. The van der Waals surface area contributed by atoms with Crippen LogP contribution in [0.5, 0.6) is 11.8 Å². The third-order valence-electron chi connectivity index (χ3n) is 2.07.